The summed E-state index contributed by atoms with van der Waals surface area (Å²) in [5.74, 6) is -1.12. The predicted molar refractivity (Wildman–Crippen MR) is 50.4 cm³/mol. The molecule has 0 saturated carbocycles. The minimum Gasteiger partial charge on any atom is -0.480 e. The van der Waals surface area contributed by atoms with Gasteiger partial charge in [0.25, 0.3) is 0 Å². The van der Waals surface area contributed by atoms with E-state index in [1.807, 2.05) is 0 Å². The molecule has 0 radical (unpaired) electrons. The number of rotatable bonds is 2. The molecule has 4 nitrogen and oxygen atoms in total. The van der Waals surface area contributed by atoms with E-state index in [0.29, 0.717) is 11.3 Å². The van der Waals surface area contributed by atoms with E-state index in [9.17, 15) is 4.79 Å². The van der Waals surface area contributed by atoms with Crippen molar-refractivity contribution >= 4 is 23.3 Å². The van der Waals surface area contributed by atoms with Crippen molar-refractivity contribution in [2.24, 2.45) is 5.73 Å². The van der Waals surface area contributed by atoms with Crippen LogP contribution in [0.25, 0.3) is 0 Å². The maximum absolute atomic E-state index is 10.5. The van der Waals surface area contributed by atoms with Crippen LogP contribution >= 0.6 is 11.6 Å². The number of hydrogen-bond acceptors (Lipinski definition) is 3. The first-order valence-electron chi connectivity index (χ1n) is 3.55. The Labute approximate surface area is 80.1 Å². The van der Waals surface area contributed by atoms with Gasteiger partial charge in [0.15, 0.2) is 0 Å². The molecule has 0 aliphatic carbocycles. The predicted octanol–water partition coefficient (Wildman–Crippen LogP) is 1.01. The third-order valence-corrected chi connectivity index (χ3v) is 1.95. The van der Waals surface area contributed by atoms with Crippen molar-refractivity contribution < 1.29 is 9.90 Å². The first-order valence-corrected chi connectivity index (χ1v) is 3.93. The summed E-state index contributed by atoms with van der Waals surface area (Å²) in [6, 6.07) is 3.44. The van der Waals surface area contributed by atoms with Crippen molar-refractivity contribution in [1.82, 2.24) is 0 Å². The number of nitrogen functional groups attached to an aromatic ring is 1. The maximum Gasteiger partial charge on any atom is 0.325 e. The number of aliphatic carboxylic acids is 1. The Kier molecular flexibility index (Phi) is 2.75. The lowest BCUT2D eigenvalue weighted by Crippen LogP contribution is -2.20. The Hall–Kier alpha value is -1.26. The molecule has 1 atom stereocenters. The van der Waals surface area contributed by atoms with Crippen LogP contribution < -0.4 is 11.5 Å². The molecule has 5 N–H and O–H groups in total. The number of nitrogens with two attached hydrogens (primary N) is 2. The summed E-state index contributed by atoms with van der Waals surface area (Å²) in [4.78, 5) is 10.5. The average Bonchev–Trinajstić information content (AvgIpc) is 2.03. The van der Waals surface area contributed by atoms with E-state index in [0.717, 1.165) is 0 Å². The van der Waals surface area contributed by atoms with Crippen LogP contribution in [0.4, 0.5) is 5.69 Å². The molecule has 1 aromatic rings. The summed E-state index contributed by atoms with van der Waals surface area (Å²) in [6.45, 7) is 0. The molecule has 0 spiro atoms. The molecule has 5 heteroatoms. The zero-order valence-electron chi connectivity index (χ0n) is 6.70. The zero-order valence-corrected chi connectivity index (χ0v) is 7.45. The molecule has 1 aromatic carbocycles. The standard InChI is InChI=1S/C8H9ClN2O2/c9-6-3-4(10)1-2-5(6)7(11)8(12)13/h1-3,7H,10-11H2,(H,12,13)/t7-/m0/s1. The first kappa shape index (κ1) is 9.83. The molecular formula is C8H9ClN2O2. The molecule has 0 amide bonds. The van der Waals surface area contributed by atoms with E-state index in [1.54, 1.807) is 6.07 Å². The fraction of sp³-hybridized carbons (Fsp3) is 0.125. The summed E-state index contributed by atoms with van der Waals surface area (Å²) in [5.41, 5.74) is 11.6. The van der Waals surface area contributed by atoms with Crippen molar-refractivity contribution in [3.63, 3.8) is 0 Å². The van der Waals surface area contributed by atoms with Crippen LogP contribution in [0.1, 0.15) is 11.6 Å². The van der Waals surface area contributed by atoms with Crippen molar-refractivity contribution in [1.29, 1.82) is 0 Å². The van der Waals surface area contributed by atoms with Crippen LogP contribution in [-0.2, 0) is 4.79 Å². The molecule has 0 aliphatic heterocycles. The van der Waals surface area contributed by atoms with Gasteiger partial charge >= 0.3 is 5.97 Å². The Balaban J connectivity index is 3.08. The second-order valence-electron chi connectivity index (χ2n) is 2.60. The maximum atomic E-state index is 10.5. The number of anilines is 1. The van der Waals surface area contributed by atoms with E-state index in [1.165, 1.54) is 12.1 Å². The van der Waals surface area contributed by atoms with Gasteiger partial charge in [-0.25, -0.2) is 0 Å². The van der Waals surface area contributed by atoms with Crippen LogP contribution in [0.3, 0.4) is 0 Å². The fourth-order valence-electron chi connectivity index (χ4n) is 0.929. The number of benzene rings is 1. The Morgan fingerprint density at radius 3 is 2.62 bits per heavy atom. The Bertz CT molecular complexity index is 341. The molecular weight excluding hydrogens is 192 g/mol. The SMILES string of the molecule is Nc1ccc([C@H](N)C(=O)O)c(Cl)c1. The molecule has 0 aliphatic rings. The summed E-state index contributed by atoms with van der Waals surface area (Å²) in [7, 11) is 0. The number of carboxylic acids is 1. The third kappa shape index (κ3) is 2.11. The fourth-order valence-corrected chi connectivity index (χ4v) is 1.24. The molecule has 0 fully saturated rings. The second-order valence-corrected chi connectivity index (χ2v) is 3.00. The molecule has 0 aromatic heterocycles. The van der Waals surface area contributed by atoms with Gasteiger partial charge in [-0.1, -0.05) is 17.7 Å². The van der Waals surface area contributed by atoms with Gasteiger partial charge in [0.05, 0.1) is 0 Å². The van der Waals surface area contributed by atoms with Crippen molar-refractivity contribution in [2.45, 2.75) is 6.04 Å². The topological polar surface area (TPSA) is 89.3 Å². The molecule has 70 valence electrons. The van der Waals surface area contributed by atoms with Crippen LogP contribution in [0.5, 0.6) is 0 Å². The van der Waals surface area contributed by atoms with Crippen molar-refractivity contribution in [3.8, 4) is 0 Å². The van der Waals surface area contributed by atoms with Gasteiger partial charge in [-0.15, -0.1) is 0 Å². The number of halogens is 1. The molecule has 13 heavy (non-hydrogen) atoms. The van der Waals surface area contributed by atoms with Gasteiger partial charge in [0.1, 0.15) is 6.04 Å². The van der Waals surface area contributed by atoms with E-state index in [-0.39, 0.29) is 5.02 Å². The van der Waals surface area contributed by atoms with Gasteiger partial charge in [0, 0.05) is 10.7 Å². The van der Waals surface area contributed by atoms with Gasteiger partial charge in [-0.05, 0) is 17.7 Å². The minimum atomic E-state index is -1.12. The quantitative estimate of drug-likeness (QED) is 0.622. The smallest absolute Gasteiger partial charge is 0.325 e. The minimum absolute atomic E-state index is 0.273. The summed E-state index contributed by atoms with van der Waals surface area (Å²) >= 11 is 5.75. The highest BCUT2D eigenvalue weighted by Crippen LogP contribution is 2.23. The monoisotopic (exact) mass is 200 g/mol. The first-order chi connectivity index (χ1) is 6.02. The van der Waals surface area contributed by atoms with Gasteiger partial charge in [-0.2, -0.15) is 0 Å². The largest absolute Gasteiger partial charge is 0.480 e. The molecule has 1 rings (SSSR count). The van der Waals surface area contributed by atoms with Gasteiger partial charge in [-0.3, -0.25) is 4.79 Å². The van der Waals surface area contributed by atoms with E-state index < -0.39 is 12.0 Å². The summed E-state index contributed by atoms with van der Waals surface area (Å²) in [6.07, 6.45) is 0. The van der Waals surface area contributed by atoms with E-state index in [4.69, 9.17) is 28.2 Å². The number of carboxylic acid groups (broad SMARTS) is 1. The van der Waals surface area contributed by atoms with Crippen molar-refractivity contribution in [2.75, 3.05) is 5.73 Å². The van der Waals surface area contributed by atoms with Crippen LogP contribution in [0.2, 0.25) is 5.02 Å². The van der Waals surface area contributed by atoms with Gasteiger partial charge < -0.3 is 16.6 Å². The highest BCUT2D eigenvalue weighted by atomic mass is 35.5. The van der Waals surface area contributed by atoms with Crippen LogP contribution in [-0.4, -0.2) is 11.1 Å². The molecule has 0 unspecified atom stereocenters. The lowest BCUT2D eigenvalue weighted by atomic mass is 10.1. The van der Waals surface area contributed by atoms with E-state index in [2.05, 4.69) is 0 Å². The molecule has 0 heterocycles. The normalized spacial score (nSPS) is 12.5. The van der Waals surface area contributed by atoms with Crippen LogP contribution in [0.15, 0.2) is 18.2 Å². The highest BCUT2D eigenvalue weighted by Gasteiger charge is 2.16. The molecule has 0 bridgehead atoms. The molecule has 0 saturated heterocycles. The third-order valence-electron chi connectivity index (χ3n) is 1.63. The van der Waals surface area contributed by atoms with E-state index >= 15 is 0 Å². The number of carbonyl (C=O) groups is 1. The Morgan fingerprint density at radius 1 is 1.54 bits per heavy atom. The lowest BCUT2D eigenvalue weighted by Gasteiger charge is -2.08. The summed E-state index contributed by atoms with van der Waals surface area (Å²) in [5, 5.41) is 8.89. The highest BCUT2D eigenvalue weighted by molar-refractivity contribution is 6.31. The second kappa shape index (κ2) is 3.64. The number of hydrogen-bond donors (Lipinski definition) is 3. The van der Waals surface area contributed by atoms with Gasteiger partial charge in [0.2, 0.25) is 0 Å². The lowest BCUT2D eigenvalue weighted by molar-refractivity contribution is -0.138. The average molecular weight is 201 g/mol. The Morgan fingerprint density at radius 2 is 2.15 bits per heavy atom. The zero-order chi connectivity index (χ0) is 10.0. The van der Waals surface area contributed by atoms with Crippen LogP contribution in [0, 0.1) is 0 Å². The van der Waals surface area contributed by atoms with Crippen molar-refractivity contribution in [3.05, 3.63) is 28.8 Å². The summed E-state index contributed by atoms with van der Waals surface area (Å²) < 4.78 is 0.